The number of nitrogens with one attached hydrogen (secondary N) is 1. The Bertz CT molecular complexity index is 613. The molecular weight excluding hydrogens is 264 g/mol. The summed E-state index contributed by atoms with van der Waals surface area (Å²) in [5.74, 6) is 2.79. The summed E-state index contributed by atoms with van der Waals surface area (Å²) in [5, 5.41) is 0. The lowest BCUT2D eigenvalue weighted by atomic mass is 9.75. The van der Waals surface area contributed by atoms with Gasteiger partial charge in [-0.2, -0.15) is 0 Å². The third-order valence-corrected chi connectivity index (χ3v) is 4.88. The molecule has 2 aliphatic rings. The van der Waals surface area contributed by atoms with Crippen LogP contribution in [0.4, 0.5) is 0 Å². The van der Waals surface area contributed by atoms with E-state index < -0.39 is 0 Å². The van der Waals surface area contributed by atoms with Gasteiger partial charge in [0.15, 0.2) is 11.5 Å². The monoisotopic (exact) mass is 286 g/mol. The van der Waals surface area contributed by atoms with Crippen molar-refractivity contribution in [3.05, 3.63) is 18.0 Å². The zero-order valence-corrected chi connectivity index (χ0v) is 12.6. The normalized spacial score (nSPS) is 21.2. The molecule has 1 aliphatic carbocycles. The fourth-order valence-electron chi connectivity index (χ4n) is 3.52. The van der Waals surface area contributed by atoms with Crippen LogP contribution in [0.5, 0.6) is 11.5 Å². The molecule has 0 spiro atoms. The summed E-state index contributed by atoms with van der Waals surface area (Å²) in [4.78, 5) is 8.39. The Labute approximate surface area is 124 Å². The Morgan fingerprint density at radius 1 is 1.00 bits per heavy atom. The zero-order valence-electron chi connectivity index (χ0n) is 12.6. The number of hydrogen-bond acceptors (Lipinski definition) is 3. The van der Waals surface area contributed by atoms with Crippen LogP contribution >= 0.6 is 0 Å². The molecule has 1 aromatic heterocycles. The van der Waals surface area contributed by atoms with Crippen molar-refractivity contribution in [2.45, 2.75) is 50.9 Å². The second-order valence-corrected chi connectivity index (χ2v) is 6.57. The second-order valence-electron chi connectivity index (χ2n) is 6.57. The van der Waals surface area contributed by atoms with E-state index in [2.05, 4.69) is 11.9 Å². The van der Waals surface area contributed by atoms with Gasteiger partial charge in [0, 0.05) is 24.0 Å². The lowest BCUT2D eigenvalue weighted by Crippen LogP contribution is -2.26. The minimum absolute atomic E-state index is 0.191. The number of aromatic nitrogens is 2. The molecule has 2 heterocycles. The molecule has 4 nitrogen and oxygen atoms in total. The molecule has 0 atom stereocenters. The van der Waals surface area contributed by atoms with Crippen molar-refractivity contribution in [1.82, 2.24) is 9.97 Å². The molecule has 1 N–H and O–H groups in total. The van der Waals surface area contributed by atoms with E-state index in [0.717, 1.165) is 41.4 Å². The molecule has 0 radical (unpaired) electrons. The largest absolute Gasteiger partial charge is 0.489 e. The predicted octanol–water partition coefficient (Wildman–Crippen LogP) is 3.95. The van der Waals surface area contributed by atoms with Crippen molar-refractivity contribution in [1.29, 1.82) is 0 Å². The Hall–Kier alpha value is -1.71. The zero-order chi connectivity index (χ0) is 14.3. The van der Waals surface area contributed by atoms with Gasteiger partial charge in [-0.3, -0.25) is 0 Å². The Morgan fingerprint density at radius 3 is 2.48 bits per heavy atom. The standard InChI is InChI=1S/C17H22N2O2/c1-17(6-3-2-4-7-17)16-18-12-10-14-15(11-13(12)19-16)21-9-5-8-20-14/h10-11H,2-9H2,1H3,(H,18,19). The third kappa shape index (κ3) is 2.27. The van der Waals surface area contributed by atoms with Gasteiger partial charge in [-0.25, -0.2) is 4.98 Å². The van der Waals surface area contributed by atoms with Crippen LogP contribution in [0.2, 0.25) is 0 Å². The van der Waals surface area contributed by atoms with E-state index in [-0.39, 0.29) is 5.41 Å². The average Bonchev–Trinajstić information content (AvgIpc) is 2.78. The molecule has 1 saturated carbocycles. The van der Waals surface area contributed by atoms with E-state index in [1.165, 1.54) is 32.1 Å². The van der Waals surface area contributed by atoms with Crippen LogP contribution in [0.1, 0.15) is 51.3 Å². The van der Waals surface area contributed by atoms with Crippen molar-refractivity contribution in [2.24, 2.45) is 0 Å². The van der Waals surface area contributed by atoms with Crippen LogP contribution in [0.3, 0.4) is 0 Å². The van der Waals surface area contributed by atoms with Gasteiger partial charge in [0.25, 0.3) is 0 Å². The van der Waals surface area contributed by atoms with Crippen LogP contribution in [-0.2, 0) is 5.41 Å². The number of rotatable bonds is 1. The fraction of sp³-hybridized carbons (Fsp3) is 0.588. The first-order valence-corrected chi connectivity index (χ1v) is 8.04. The molecule has 0 unspecified atom stereocenters. The maximum Gasteiger partial charge on any atom is 0.163 e. The van der Waals surface area contributed by atoms with Gasteiger partial charge in [-0.15, -0.1) is 0 Å². The van der Waals surface area contributed by atoms with Gasteiger partial charge >= 0.3 is 0 Å². The molecule has 0 bridgehead atoms. The number of benzene rings is 1. The first kappa shape index (κ1) is 13.0. The van der Waals surface area contributed by atoms with Gasteiger partial charge in [0.05, 0.1) is 24.2 Å². The molecule has 2 aromatic rings. The Kier molecular flexibility index (Phi) is 3.05. The number of nitrogens with zero attached hydrogens (tertiary/aromatic N) is 1. The lowest BCUT2D eigenvalue weighted by molar-refractivity contribution is 0.297. The topological polar surface area (TPSA) is 47.1 Å². The van der Waals surface area contributed by atoms with Gasteiger partial charge in [-0.1, -0.05) is 26.2 Å². The first-order chi connectivity index (χ1) is 10.2. The molecule has 0 saturated heterocycles. The fourth-order valence-corrected chi connectivity index (χ4v) is 3.52. The smallest absolute Gasteiger partial charge is 0.163 e. The maximum absolute atomic E-state index is 5.76. The van der Waals surface area contributed by atoms with Gasteiger partial charge in [-0.05, 0) is 12.8 Å². The Morgan fingerprint density at radius 2 is 1.71 bits per heavy atom. The number of H-pyrrole nitrogens is 1. The molecule has 4 heteroatoms. The molecule has 1 aromatic carbocycles. The van der Waals surface area contributed by atoms with Gasteiger partial charge < -0.3 is 14.5 Å². The quantitative estimate of drug-likeness (QED) is 0.863. The summed E-state index contributed by atoms with van der Waals surface area (Å²) >= 11 is 0. The van der Waals surface area contributed by atoms with E-state index in [0.29, 0.717) is 6.61 Å². The summed E-state index contributed by atoms with van der Waals surface area (Å²) in [6.45, 7) is 3.77. The van der Waals surface area contributed by atoms with Crippen LogP contribution in [0.25, 0.3) is 11.0 Å². The van der Waals surface area contributed by atoms with E-state index in [9.17, 15) is 0 Å². The predicted molar refractivity (Wildman–Crippen MR) is 82.1 cm³/mol. The van der Waals surface area contributed by atoms with E-state index in [1.807, 2.05) is 12.1 Å². The van der Waals surface area contributed by atoms with E-state index >= 15 is 0 Å². The molecule has 1 aliphatic heterocycles. The minimum Gasteiger partial charge on any atom is -0.489 e. The summed E-state index contributed by atoms with van der Waals surface area (Å²) in [5.41, 5.74) is 2.23. The third-order valence-electron chi connectivity index (χ3n) is 4.88. The average molecular weight is 286 g/mol. The van der Waals surface area contributed by atoms with Crippen molar-refractivity contribution in [3.63, 3.8) is 0 Å². The number of hydrogen-bond donors (Lipinski definition) is 1. The molecule has 0 amide bonds. The van der Waals surface area contributed by atoms with Crippen LogP contribution in [0, 0.1) is 0 Å². The van der Waals surface area contributed by atoms with Crippen LogP contribution in [-0.4, -0.2) is 23.2 Å². The highest BCUT2D eigenvalue weighted by atomic mass is 16.5. The van der Waals surface area contributed by atoms with Crippen molar-refractivity contribution < 1.29 is 9.47 Å². The number of imidazole rings is 1. The van der Waals surface area contributed by atoms with Crippen LogP contribution < -0.4 is 9.47 Å². The summed E-state index contributed by atoms with van der Waals surface area (Å²) in [6, 6.07) is 4.06. The van der Waals surface area contributed by atoms with Gasteiger partial charge in [0.2, 0.25) is 0 Å². The lowest BCUT2D eigenvalue weighted by Gasteiger charge is -2.31. The van der Waals surface area contributed by atoms with E-state index in [1.54, 1.807) is 0 Å². The maximum atomic E-state index is 5.76. The molecular formula is C17H22N2O2. The molecule has 4 rings (SSSR count). The number of ether oxygens (including phenoxy) is 2. The highest BCUT2D eigenvalue weighted by Crippen LogP contribution is 2.40. The molecule has 112 valence electrons. The van der Waals surface area contributed by atoms with Gasteiger partial charge in [0.1, 0.15) is 5.82 Å². The van der Waals surface area contributed by atoms with Crippen molar-refractivity contribution in [2.75, 3.05) is 13.2 Å². The first-order valence-electron chi connectivity index (χ1n) is 8.04. The van der Waals surface area contributed by atoms with Crippen molar-refractivity contribution >= 4 is 11.0 Å². The van der Waals surface area contributed by atoms with E-state index in [4.69, 9.17) is 14.5 Å². The van der Waals surface area contributed by atoms with Crippen LogP contribution in [0.15, 0.2) is 12.1 Å². The number of fused-ring (bicyclic) bond motifs is 2. The highest BCUT2D eigenvalue weighted by Gasteiger charge is 2.32. The molecule has 21 heavy (non-hydrogen) atoms. The summed E-state index contributed by atoms with van der Waals surface area (Å²) < 4.78 is 11.5. The van der Waals surface area contributed by atoms with Crippen molar-refractivity contribution in [3.8, 4) is 11.5 Å². The summed E-state index contributed by atoms with van der Waals surface area (Å²) in [7, 11) is 0. The summed E-state index contributed by atoms with van der Waals surface area (Å²) in [6.07, 6.45) is 7.33. The SMILES string of the molecule is CC1(c2nc3cc4c(cc3[nH]2)OCCCO4)CCCCC1. The Balaban J connectivity index is 1.76. The highest BCUT2D eigenvalue weighted by molar-refractivity contribution is 5.80. The molecule has 1 fully saturated rings. The minimum atomic E-state index is 0.191. The second kappa shape index (κ2) is 4.93. The number of aromatic amines is 1.